The molecule has 7 nitrogen and oxygen atoms in total. The van der Waals surface area contributed by atoms with E-state index in [1.54, 1.807) is 11.7 Å². The molecule has 1 aliphatic carbocycles. The summed E-state index contributed by atoms with van der Waals surface area (Å²) in [6.07, 6.45) is 3.36. The molecule has 3 N–H and O–H groups in total. The van der Waals surface area contributed by atoms with E-state index in [0.717, 1.165) is 58.2 Å². The number of aliphatic imine (C=N–C) groups is 1. The van der Waals surface area contributed by atoms with Crippen molar-refractivity contribution in [2.75, 3.05) is 12.4 Å². The molecule has 0 aliphatic heterocycles. The van der Waals surface area contributed by atoms with Crippen molar-refractivity contribution >= 4 is 34.7 Å². The molecule has 0 spiro atoms. The molecule has 0 radical (unpaired) electrons. The zero-order valence-electron chi connectivity index (χ0n) is 19.1. The van der Waals surface area contributed by atoms with Crippen LogP contribution < -0.4 is 11.1 Å². The Balaban J connectivity index is 1.76. The SMILES string of the molecule is CN=C(C1=C(N)CCc2cnc(Nc3cc(C(C)(C)C)nn3C)nc21)c1ccccc1Cl. The van der Waals surface area contributed by atoms with Crippen LogP contribution >= 0.6 is 11.6 Å². The summed E-state index contributed by atoms with van der Waals surface area (Å²) in [5, 5.41) is 8.55. The van der Waals surface area contributed by atoms with E-state index in [9.17, 15) is 0 Å². The summed E-state index contributed by atoms with van der Waals surface area (Å²) in [4.78, 5) is 13.9. The fraction of sp³-hybridized carbons (Fsp3) is 0.333. The van der Waals surface area contributed by atoms with E-state index in [0.29, 0.717) is 11.0 Å². The number of benzene rings is 1. The molecular formula is C24H28ClN7. The van der Waals surface area contributed by atoms with Crippen LogP contribution in [0.4, 0.5) is 11.8 Å². The van der Waals surface area contributed by atoms with Gasteiger partial charge in [0.25, 0.3) is 0 Å². The summed E-state index contributed by atoms with van der Waals surface area (Å²) < 4.78 is 1.80. The van der Waals surface area contributed by atoms with Crippen molar-refractivity contribution in [2.24, 2.45) is 17.8 Å². The van der Waals surface area contributed by atoms with Gasteiger partial charge in [0.05, 0.1) is 17.1 Å². The van der Waals surface area contributed by atoms with Crippen LogP contribution in [0.25, 0.3) is 5.57 Å². The molecule has 0 saturated heterocycles. The van der Waals surface area contributed by atoms with Gasteiger partial charge >= 0.3 is 0 Å². The summed E-state index contributed by atoms with van der Waals surface area (Å²) >= 11 is 6.49. The maximum atomic E-state index is 6.50. The number of hydrogen-bond acceptors (Lipinski definition) is 6. The lowest BCUT2D eigenvalue weighted by Crippen LogP contribution is -2.20. The molecule has 0 amide bonds. The zero-order chi connectivity index (χ0) is 23.0. The highest BCUT2D eigenvalue weighted by Gasteiger charge is 2.26. The van der Waals surface area contributed by atoms with E-state index in [4.69, 9.17) is 22.3 Å². The Kier molecular flexibility index (Phi) is 5.77. The summed E-state index contributed by atoms with van der Waals surface area (Å²) in [6.45, 7) is 6.40. The molecule has 0 unspecified atom stereocenters. The Morgan fingerprint density at radius 3 is 2.62 bits per heavy atom. The Labute approximate surface area is 193 Å². The molecule has 3 aromatic rings. The minimum Gasteiger partial charge on any atom is -0.401 e. The molecule has 1 aromatic carbocycles. The number of anilines is 2. The van der Waals surface area contributed by atoms with Crippen LogP contribution in [-0.2, 0) is 18.9 Å². The number of nitrogens with zero attached hydrogens (tertiary/aromatic N) is 5. The number of allylic oxidation sites excluding steroid dienone is 2. The minimum atomic E-state index is -0.0554. The van der Waals surface area contributed by atoms with Crippen molar-refractivity contribution in [2.45, 2.75) is 39.0 Å². The number of aromatic nitrogens is 4. The van der Waals surface area contributed by atoms with E-state index in [1.165, 1.54) is 0 Å². The fourth-order valence-corrected chi connectivity index (χ4v) is 3.99. The predicted octanol–water partition coefficient (Wildman–Crippen LogP) is 4.64. The van der Waals surface area contributed by atoms with Gasteiger partial charge in [-0.05, 0) is 24.5 Å². The van der Waals surface area contributed by atoms with Gasteiger partial charge in [-0.3, -0.25) is 9.67 Å². The highest BCUT2D eigenvalue weighted by molar-refractivity contribution is 6.40. The number of rotatable bonds is 4. The smallest absolute Gasteiger partial charge is 0.228 e. The Morgan fingerprint density at radius 2 is 1.97 bits per heavy atom. The molecule has 32 heavy (non-hydrogen) atoms. The molecule has 2 heterocycles. The van der Waals surface area contributed by atoms with Crippen LogP contribution in [0.3, 0.4) is 0 Å². The first-order chi connectivity index (χ1) is 15.2. The van der Waals surface area contributed by atoms with Gasteiger partial charge in [0.2, 0.25) is 5.95 Å². The first kappa shape index (κ1) is 22.0. The maximum absolute atomic E-state index is 6.50. The lowest BCUT2D eigenvalue weighted by atomic mass is 9.88. The second kappa shape index (κ2) is 8.39. The van der Waals surface area contributed by atoms with Gasteiger partial charge in [0.1, 0.15) is 5.82 Å². The molecule has 4 rings (SSSR count). The summed E-state index contributed by atoms with van der Waals surface area (Å²) in [7, 11) is 3.65. The number of nitrogens with one attached hydrogen (secondary N) is 1. The van der Waals surface area contributed by atoms with Gasteiger partial charge in [0.15, 0.2) is 0 Å². The van der Waals surface area contributed by atoms with Crippen LogP contribution in [0.1, 0.15) is 49.7 Å². The molecular weight excluding hydrogens is 422 g/mol. The van der Waals surface area contributed by atoms with Crippen LogP contribution in [-0.4, -0.2) is 32.5 Å². The van der Waals surface area contributed by atoms with Gasteiger partial charge in [0, 0.05) is 53.6 Å². The van der Waals surface area contributed by atoms with Crippen molar-refractivity contribution in [3.05, 3.63) is 69.8 Å². The first-order valence-corrected chi connectivity index (χ1v) is 11.0. The van der Waals surface area contributed by atoms with Crippen molar-refractivity contribution in [1.29, 1.82) is 0 Å². The van der Waals surface area contributed by atoms with Gasteiger partial charge in [-0.15, -0.1) is 0 Å². The van der Waals surface area contributed by atoms with Crippen molar-refractivity contribution in [3.8, 4) is 0 Å². The second-order valence-electron chi connectivity index (χ2n) is 8.93. The molecule has 0 bridgehead atoms. The minimum absolute atomic E-state index is 0.0554. The lowest BCUT2D eigenvalue weighted by molar-refractivity contribution is 0.553. The Bertz CT molecular complexity index is 1230. The highest BCUT2D eigenvalue weighted by Crippen LogP contribution is 2.33. The largest absolute Gasteiger partial charge is 0.401 e. The molecule has 1 aliphatic rings. The van der Waals surface area contributed by atoms with Gasteiger partial charge < -0.3 is 11.1 Å². The third-order valence-corrected chi connectivity index (χ3v) is 5.89. The predicted molar refractivity (Wildman–Crippen MR) is 131 cm³/mol. The van der Waals surface area contributed by atoms with Gasteiger partial charge in [-0.25, -0.2) is 9.97 Å². The molecule has 0 fully saturated rings. The van der Waals surface area contributed by atoms with Crippen molar-refractivity contribution in [3.63, 3.8) is 0 Å². The molecule has 166 valence electrons. The molecule has 0 atom stereocenters. The van der Waals surface area contributed by atoms with E-state index < -0.39 is 0 Å². The van der Waals surface area contributed by atoms with Crippen molar-refractivity contribution in [1.82, 2.24) is 19.7 Å². The molecule has 8 heteroatoms. The fourth-order valence-electron chi connectivity index (χ4n) is 3.76. The number of fused-ring (bicyclic) bond motifs is 1. The zero-order valence-corrected chi connectivity index (χ0v) is 19.8. The van der Waals surface area contributed by atoms with Crippen LogP contribution in [0.5, 0.6) is 0 Å². The molecule has 2 aromatic heterocycles. The van der Waals surface area contributed by atoms with Gasteiger partial charge in [-0.1, -0.05) is 50.6 Å². The molecule has 0 saturated carbocycles. The third-order valence-electron chi connectivity index (χ3n) is 5.56. The third kappa shape index (κ3) is 4.12. The Hall–Kier alpha value is -3.19. The topological polar surface area (TPSA) is 94.0 Å². The van der Waals surface area contributed by atoms with Crippen LogP contribution in [0, 0.1) is 0 Å². The summed E-state index contributed by atoms with van der Waals surface area (Å²) in [6, 6.07) is 9.66. The van der Waals surface area contributed by atoms with E-state index in [2.05, 4.69) is 41.2 Å². The van der Waals surface area contributed by atoms with E-state index in [1.807, 2.05) is 43.6 Å². The lowest BCUT2D eigenvalue weighted by Gasteiger charge is -2.22. The standard InChI is InChI=1S/C24H28ClN7/c1-24(2,3)18-12-19(32(5)31-18)29-23-28-13-14-10-11-17(26)20(21(14)30-23)22(27-4)15-8-6-7-9-16(15)25/h6-9,12-13H,10-11,26H2,1-5H3,(H,28,29,30). The highest BCUT2D eigenvalue weighted by atomic mass is 35.5. The summed E-state index contributed by atoms with van der Waals surface area (Å²) in [5.74, 6) is 1.30. The van der Waals surface area contributed by atoms with E-state index >= 15 is 0 Å². The first-order valence-electron chi connectivity index (χ1n) is 10.6. The normalized spacial score (nSPS) is 14.5. The maximum Gasteiger partial charge on any atom is 0.228 e. The second-order valence-corrected chi connectivity index (χ2v) is 9.34. The van der Waals surface area contributed by atoms with E-state index in [-0.39, 0.29) is 5.41 Å². The van der Waals surface area contributed by atoms with Crippen LogP contribution in [0.2, 0.25) is 5.02 Å². The average molecular weight is 450 g/mol. The van der Waals surface area contributed by atoms with Crippen LogP contribution in [0.15, 0.2) is 47.2 Å². The number of halogens is 1. The number of nitrogens with two attached hydrogens (primary N) is 1. The van der Waals surface area contributed by atoms with Crippen molar-refractivity contribution < 1.29 is 0 Å². The number of aryl methyl sites for hydroxylation is 2. The quantitative estimate of drug-likeness (QED) is 0.566. The number of hydrogen-bond donors (Lipinski definition) is 2. The summed E-state index contributed by atoms with van der Waals surface area (Å²) in [5.41, 5.74) is 12.4. The van der Waals surface area contributed by atoms with Gasteiger partial charge in [-0.2, -0.15) is 5.10 Å². The average Bonchev–Trinajstić information content (AvgIpc) is 3.12. The Morgan fingerprint density at radius 1 is 1.22 bits per heavy atom. The monoisotopic (exact) mass is 449 g/mol.